The van der Waals surface area contributed by atoms with Gasteiger partial charge in [-0.05, 0) is 62.1 Å². The molecule has 1 saturated heterocycles. The van der Waals surface area contributed by atoms with Gasteiger partial charge in [-0.15, -0.1) is 0 Å². The van der Waals surface area contributed by atoms with Crippen LogP contribution in [0.5, 0.6) is 0 Å². The Balaban J connectivity index is 1.83. The summed E-state index contributed by atoms with van der Waals surface area (Å²) in [6.45, 7) is 11.9. The first-order valence-corrected chi connectivity index (χ1v) is 7.88. The van der Waals surface area contributed by atoms with Crippen LogP contribution in [0.3, 0.4) is 0 Å². The summed E-state index contributed by atoms with van der Waals surface area (Å²) in [5.74, 6) is 0.908. The number of piperidine rings is 1. The summed E-state index contributed by atoms with van der Waals surface area (Å²) in [4.78, 5) is 2.69. The van der Waals surface area contributed by atoms with E-state index in [1.54, 1.807) is 0 Å². The Morgan fingerprint density at radius 3 is 2.11 bits per heavy atom. The molecule has 0 unspecified atom stereocenters. The highest BCUT2D eigenvalue weighted by Gasteiger charge is 2.36. The van der Waals surface area contributed by atoms with Crippen molar-refractivity contribution in [2.75, 3.05) is 26.2 Å². The van der Waals surface area contributed by atoms with Gasteiger partial charge in [0.25, 0.3) is 0 Å². The molecule has 2 rings (SSSR count). The van der Waals surface area contributed by atoms with Crippen LogP contribution in [0.1, 0.15) is 59.3 Å². The highest BCUT2D eigenvalue weighted by atomic mass is 15.1. The fraction of sp³-hybridized carbons (Fsp3) is 1.00. The molecule has 0 spiro atoms. The van der Waals surface area contributed by atoms with Crippen LogP contribution in [0.15, 0.2) is 0 Å². The SMILES string of the molecule is CC(C)(C)C1CCN(CC2(CN)CCCC2)CC1. The Labute approximate surface area is 113 Å². The molecular formula is C16H32N2. The molecule has 2 heteroatoms. The third kappa shape index (κ3) is 3.27. The van der Waals surface area contributed by atoms with Gasteiger partial charge in [0, 0.05) is 6.54 Å². The fourth-order valence-electron chi connectivity index (χ4n) is 3.98. The molecule has 1 aliphatic carbocycles. The first-order valence-electron chi connectivity index (χ1n) is 7.88. The van der Waals surface area contributed by atoms with E-state index in [1.165, 1.54) is 58.2 Å². The number of hydrogen-bond acceptors (Lipinski definition) is 2. The summed E-state index contributed by atoms with van der Waals surface area (Å²) >= 11 is 0. The monoisotopic (exact) mass is 252 g/mol. The van der Waals surface area contributed by atoms with Crippen molar-refractivity contribution in [3.8, 4) is 0 Å². The molecule has 1 aliphatic heterocycles. The smallest absolute Gasteiger partial charge is 0.00501 e. The molecule has 0 bridgehead atoms. The molecule has 0 amide bonds. The summed E-state index contributed by atoms with van der Waals surface area (Å²) in [7, 11) is 0. The van der Waals surface area contributed by atoms with Gasteiger partial charge in [0.1, 0.15) is 0 Å². The van der Waals surface area contributed by atoms with Gasteiger partial charge in [0.05, 0.1) is 0 Å². The number of nitrogens with two attached hydrogens (primary N) is 1. The topological polar surface area (TPSA) is 29.3 Å². The molecule has 2 fully saturated rings. The van der Waals surface area contributed by atoms with Gasteiger partial charge in [-0.2, -0.15) is 0 Å². The van der Waals surface area contributed by atoms with E-state index in [9.17, 15) is 0 Å². The lowest BCUT2D eigenvalue weighted by Gasteiger charge is -2.42. The van der Waals surface area contributed by atoms with Crippen molar-refractivity contribution < 1.29 is 0 Å². The van der Waals surface area contributed by atoms with Crippen LogP contribution in [-0.2, 0) is 0 Å². The van der Waals surface area contributed by atoms with E-state index in [4.69, 9.17) is 5.73 Å². The van der Waals surface area contributed by atoms with Crippen LogP contribution in [0, 0.1) is 16.7 Å². The van der Waals surface area contributed by atoms with Crippen molar-refractivity contribution in [3.05, 3.63) is 0 Å². The standard InChI is InChI=1S/C16H32N2/c1-15(2,3)14-6-10-18(11-7-14)13-16(12-17)8-4-5-9-16/h14H,4-13,17H2,1-3H3. The number of rotatable bonds is 3. The van der Waals surface area contributed by atoms with Crippen molar-refractivity contribution >= 4 is 0 Å². The van der Waals surface area contributed by atoms with E-state index in [0.29, 0.717) is 10.8 Å². The van der Waals surface area contributed by atoms with E-state index >= 15 is 0 Å². The number of nitrogens with zero attached hydrogens (tertiary/aromatic N) is 1. The maximum Gasteiger partial charge on any atom is 0.00501 e. The Kier molecular flexibility index (Phi) is 4.38. The molecule has 0 aromatic heterocycles. The molecule has 18 heavy (non-hydrogen) atoms. The summed E-state index contributed by atoms with van der Waals surface area (Å²) < 4.78 is 0. The van der Waals surface area contributed by atoms with E-state index in [-0.39, 0.29) is 0 Å². The van der Waals surface area contributed by atoms with Gasteiger partial charge in [0.15, 0.2) is 0 Å². The van der Waals surface area contributed by atoms with Gasteiger partial charge in [0.2, 0.25) is 0 Å². The third-order valence-electron chi connectivity index (χ3n) is 5.47. The molecule has 2 aliphatic rings. The minimum absolute atomic E-state index is 0.467. The van der Waals surface area contributed by atoms with Crippen LogP contribution in [0.25, 0.3) is 0 Å². The van der Waals surface area contributed by atoms with Crippen LogP contribution >= 0.6 is 0 Å². The first-order chi connectivity index (χ1) is 8.45. The van der Waals surface area contributed by atoms with Crippen molar-refractivity contribution in [1.29, 1.82) is 0 Å². The fourth-order valence-corrected chi connectivity index (χ4v) is 3.98. The van der Waals surface area contributed by atoms with Gasteiger partial charge < -0.3 is 10.6 Å². The van der Waals surface area contributed by atoms with Gasteiger partial charge >= 0.3 is 0 Å². The van der Waals surface area contributed by atoms with Crippen molar-refractivity contribution in [2.24, 2.45) is 22.5 Å². The van der Waals surface area contributed by atoms with Crippen LogP contribution < -0.4 is 5.73 Å². The van der Waals surface area contributed by atoms with E-state index < -0.39 is 0 Å². The van der Waals surface area contributed by atoms with Crippen molar-refractivity contribution in [3.63, 3.8) is 0 Å². The molecular weight excluding hydrogens is 220 g/mol. The zero-order valence-corrected chi connectivity index (χ0v) is 12.7. The Morgan fingerprint density at radius 2 is 1.67 bits per heavy atom. The second-order valence-corrected chi connectivity index (χ2v) is 7.83. The lowest BCUT2D eigenvalue weighted by molar-refractivity contribution is 0.0780. The maximum atomic E-state index is 6.06. The Hall–Kier alpha value is -0.0800. The quantitative estimate of drug-likeness (QED) is 0.835. The van der Waals surface area contributed by atoms with Gasteiger partial charge in [-0.1, -0.05) is 33.6 Å². The minimum Gasteiger partial charge on any atom is -0.330 e. The first kappa shape index (κ1) is 14.3. The summed E-state index contributed by atoms with van der Waals surface area (Å²) in [5.41, 5.74) is 7.01. The maximum absolute atomic E-state index is 6.06. The van der Waals surface area contributed by atoms with Gasteiger partial charge in [-0.3, -0.25) is 0 Å². The molecule has 2 nitrogen and oxygen atoms in total. The van der Waals surface area contributed by atoms with Crippen LogP contribution in [0.4, 0.5) is 0 Å². The highest BCUT2D eigenvalue weighted by Crippen LogP contribution is 2.40. The Morgan fingerprint density at radius 1 is 1.11 bits per heavy atom. The molecule has 0 atom stereocenters. The normalized spacial score (nSPS) is 26.7. The van der Waals surface area contributed by atoms with Crippen LogP contribution in [-0.4, -0.2) is 31.1 Å². The van der Waals surface area contributed by atoms with Crippen molar-refractivity contribution in [2.45, 2.75) is 59.3 Å². The summed E-state index contributed by atoms with van der Waals surface area (Å²) in [6.07, 6.45) is 8.28. The van der Waals surface area contributed by atoms with Gasteiger partial charge in [-0.25, -0.2) is 0 Å². The lowest BCUT2D eigenvalue weighted by atomic mass is 9.75. The molecule has 0 aromatic carbocycles. The largest absolute Gasteiger partial charge is 0.330 e. The predicted molar refractivity (Wildman–Crippen MR) is 78.6 cm³/mol. The lowest BCUT2D eigenvalue weighted by Crippen LogP contribution is -2.45. The second kappa shape index (κ2) is 5.50. The highest BCUT2D eigenvalue weighted by molar-refractivity contribution is 4.90. The van der Waals surface area contributed by atoms with E-state index in [1.807, 2.05) is 0 Å². The third-order valence-corrected chi connectivity index (χ3v) is 5.47. The van der Waals surface area contributed by atoms with Crippen LogP contribution in [0.2, 0.25) is 0 Å². The average Bonchev–Trinajstić information content (AvgIpc) is 2.78. The molecule has 0 radical (unpaired) electrons. The Bertz CT molecular complexity index is 253. The molecule has 1 saturated carbocycles. The predicted octanol–water partition coefficient (Wildman–Crippen LogP) is 3.26. The van der Waals surface area contributed by atoms with E-state index in [0.717, 1.165) is 12.5 Å². The average molecular weight is 252 g/mol. The minimum atomic E-state index is 0.467. The van der Waals surface area contributed by atoms with Crippen molar-refractivity contribution in [1.82, 2.24) is 4.90 Å². The summed E-state index contributed by atoms with van der Waals surface area (Å²) in [5, 5.41) is 0. The number of hydrogen-bond donors (Lipinski definition) is 1. The number of likely N-dealkylation sites (tertiary alicyclic amines) is 1. The second-order valence-electron chi connectivity index (χ2n) is 7.83. The molecule has 2 N–H and O–H groups in total. The summed E-state index contributed by atoms with van der Waals surface area (Å²) in [6, 6.07) is 0. The zero-order chi connectivity index (χ0) is 13.2. The zero-order valence-electron chi connectivity index (χ0n) is 12.7. The molecule has 1 heterocycles. The molecule has 0 aromatic rings. The molecule has 106 valence electrons. The van der Waals surface area contributed by atoms with E-state index in [2.05, 4.69) is 25.7 Å².